The number of carbonyl (C=O) groups is 1. The van der Waals surface area contributed by atoms with E-state index in [2.05, 4.69) is 10.3 Å². The van der Waals surface area contributed by atoms with Crippen molar-refractivity contribution in [2.24, 2.45) is 0 Å². The molecule has 19 heavy (non-hydrogen) atoms. The van der Waals surface area contributed by atoms with E-state index in [0.717, 1.165) is 24.1 Å². The highest BCUT2D eigenvalue weighted by Crippen LogP contribution is 2.36. The Bertz CT molecular complexity index is 511. The average Bonchev–Trinajstić information content (AvgIpc) is 2.53. The fourth-order valence-corrected chi connectivity index (χ4v) is 2.44. The summed E-state index contributed by atoms with van der Waals surface area (Å²) in [6.45, 7) is 7.47. The van der Waals surface area contributed by atoms with Crippen LogP contribution >= 0.6 is 11.6 Å². The summed E-state index contributed by atoms with van der Waals surface area (Å²) < 4.78 is 5.30. The zero-order valence-electron chi connectivity index (χ0n) is 11.7. The van der Waals surface area contributed by atoms with Gasteiger partial charge in [-0.25, -0.2) is 9.78 Å². The van der Waals surface area contributed by atoms with Gasteiger partial charge >= 0.3 is 6.09 Å². The molecular weight excluding hydrogens is 264 g/mol. The first-order chi connectivity index (χ1) is 8.70. The summed E-state index contributed by atoms with van der Waals surface area (Å²) in [7, 11) is 0. The lowest BCUT2D eigenvalue weighted by Gasteiger charge is -2.28. The molecule has 104 valence electrons. The van der Waals surface area contributed by atoms with Crippen LogP contribution in [0.4, 0.5) is 4.79 Å². The van der Waals surface area contributed by atoms with E-state index in [4.69, 9.17) is 16.3 Å². The molecule has 2 rings (SSSR count). The molecular formula is C14H19ClN2O2. The molecule has 0 saturated heterocycles. The van der Waals surface area contributed by atoms with Crippen molar-refractivity contribution in [1.29, 1.82) is 0 Å². The summed E-state index contributed by atoms with van der Waals surface area (Å²) >= 11 is 5.94. The Balaban J connectivity index is 2.18. The first-order valence-corrected chi connectivity index (χ1v) is 6.74. The predicted octanol–water partition coefficient (Wildman–Crippen LogP) is 3.42. The number of amides is 1. The Labute approximate surface area is 118 Å². The van der Waals surface area contributed by atoms with Gasteiger partial charge in [0.1, 0.15) is 10.8 Å². The SMILES string of the molecule is CC(C)(C)OC(=O)N[C@]1(C)CCc2ccc(Cl)nc21. The number of aromatic nitrogens is 1. The highest BCUT2D eigenvalue weighted by molar-refractivity contribution is 6.29. The summed E-state index contributed by atoms with van der Waals surface area (Å²) in [5, 5.41) is 3.36. The fraction of sp³-hybridized carbons (Fsp3) is 0.571. The molecule has 0 radical (unpaired) electrons. The Hall–Kier alpha value is -1.29. The topological polar surface area (TPSA) is 51.2 Å². The first-order valence-electron chi connectivity index (χ1n) is 6.37. The maximum absolute atomic E-state index is 11.9. The molecule has 1 amide bonds. The minimum Gasteiger partial charge on any atom is -0.444 e. The summed E-state index contributed by atoms with van der Waals surface area (Å²) in [6, 6.07) is 3.74. The van der Waals surface area contributed by atoms with Crippen molar-refractivity contribution >= 4 is 17.7 Å². The number of rotatable bonds is 1. The van der Waals surface area contributed by atoms with Crippen molar-refractivity contribution in [3.05, 3.63) is 28.5 Å². The Morgan fingerprint density at radius 2 is 2.16 bits per heavy atom. The normalized spacial score (nSPS) is 21.9. The van der Waals surface area contributed by atoms with Crippen LogP contribution in [0.2, 0.25) is 5.15 Å². The van der Waals surface area contributed by atoms with E-state index in [1.807, 2.05) is 33.8 Å². The molecule has 1 aromatic rings. The van der Waals surface area contributed by atoms with Gasteiger partial charge in [0.2, 0.25) is 0 Å². The van der Waals surface area contributed by atoms with Crippen LogP contribution in [0.3, 0.4) is 0 Å². The number of pyridine rings is 1. The van der Waals surface area contributed by atoms with Crippen LogP contribution in [0, 0.1) is 0 Å². The van der Waals surface area contributed by atoms with Crippen molar-refractivity contribution in [3.8, 4) is 0 Å². The molecule has 1 atom stereocenters. The van der Waals surface area contributed by atoms with Gasteiger partial charge in [-0.3, -0.25) is 0 Å². The minimum absolute atomic E-state index is 0.426. The number of carbonyl (C=O) groups excluding carboxylic acids is 1. The third kappa shape index (κ3) is 3.18. The van der Waals surface area contributed by atoms with E-state index in [1.165, 1.54) is 0 Å². The summed E-state index contributed by atoms with van der Waals surface area (Å²) in [4.78, 5) is 16.3. The highest BCUT2D eigenvalue weighted by atomic mass is 35.5. The van der Waals surface area contributed by atoms with Gasteiger partial charge in [-0.2, -0.15) is 0 Å². The Morgan fingerprint density at radius 3 is 2.79 bits per heavy atom. The van der Waals surface area contributed by atoms with Gasteiger partial charge in [0.15, 0.2) is 0 Å². The number of halogens is 1. The fourth-order valence-electron chi connectivity index (χ4n) is 2.30. The molecule has 0 saturated carbocycles. The monoisotopic (exact) mass is 282 g/mol. The molecule has 0 spiro atoms. The maximum atomic E-state index is 11.9. The number of fused-ring (bicyclic) bond motifs is 1. The predicted molar refractivity (Wildman–Crippen MR) is 74.3 cm³/mol. The molecule has 1 aliphatic carbocycles. The van der Waals surface area contributed by atoms with Gasteiger partial charge in [-0.05, 0) is 52.2 Å². The Kier molecular flexibility index (Phi) is 3.47. The third-order valence-electron chi connectivity index (χ3n) is 3.14. The van der Waals surface area contributed by atoms with Crippen LogP contribution in [-0.2, 0) is 16.7 Å². The highest BCUT2D eigenvalue weighted by Gasteiger charge is 2.38. The van der Waals surface area contributed by atoms with Crippen LogP contribution in [0.1, 0.15) is 45.4 Å². The number of hydrogen-bond acceptors (Lipinski definition) is 3. The van der Waals surface area contributed by atoms with Gasteiger partial charge in [0, 0.05) is 0 Å². The number of aryl methyl sites for hydroxylation is 1. The van der Waals surface area contributed by atoms with Gasteiger partial charge in [-0.1, -0.05) is 17.7 Å². The molecule has 1 aliphatic rings. The molecule has 1 aromatic heterocycles. The molecule has 0 bridgehead atoms. The molecule has 1 N–H and O–H groups in total. The van der Waals surface area contributed by atoms with Crippen LogP contribution in [0.25, 0.3) is 0 Å². The number of nitrogens with zero attached hydrogens (tertiary/aromatic N) is 1. The molecule has 4 nitrogen and oxygen atoms in total. The van der Waals surface area contributed by atoms with Crippen LogP contribution in [0.15, 0.2) is 12.1 Å². The quantitative estimate of drug-likeness (QED) is 0.803. The summed E-state index contributed by atoms with van der Waals surface area (Å²) in [5.41, 5.74) is 0.945. The molecule has 0 unspecified atom stereocenters. The van der Waals surface area contributed by atoms with Crippen molar-refractivity contribution in [2.75, 3.05) is 0 Å². The average molecular weight is 283 g/mol. The van der Waals surface area contributed by atoms with E-state index in [0.29, 0.717) is 5.15 Å². The minimum atomic E-state index is -0.511. The molecule has 0 aliphatic heterocycles. The van der Waals surface area contributed by atoms with E-state index in [-0.39, 0.29) is 0 Å². The van der Waals surface area contributed by atoms with E-state index < -0.39 is 17.2 Å². The van der Waals surface area contributed by atoms with Gasteiger partial charge in [0.25, 0.3) is 0 Å². The van der Waals surface area contributed by atoms with Gasteiger partial charge in [-0.15, -0.1) is 0 Å². The summed E-state index contributed by atoms with van der Waals surface area (Å²) in [6.07, 6.45) is 1.25. The van der Waals surface area contributed by atoms with E-state index >= 15 is 0 Å². The summed E-state index contributed by atoms with van der Waals surface area (Å²) in [5.74, 6) is 0. The van der Waals surface area contributed by atoms with Crippen molar-refractivity contribution in [3.63, 3.8) is 0 Å². The molecule has 5 heteroatoms. The van der Waals surface area contributed by atoms with Crippen molar-refractivity contribution < 1.29 is 9.53 Å². The van der Waals surface area contributed by atoms with E-state index in [1.54, 1.807) is 6.07 Å². The largest absolute Gasteiger partial charge is 0.444 e. The third-order valence-corrected chi connectivity index (χ3v) is 3.35. The first kappa shape index (κ1) is 14.1. The number of hydrogen-bond donors (Lipinski definition) is 1. The lowest BCUT2D eigenvalue weighted by atomic mass is 9.99. The van der Waals surface area contributed by atoms with Gasteiger partial charge in [0.05, 0.1) is 11.2 Å². The van der Waals surface area contributed by atoms with Crippen molar-refractivity contribution in [2.45, 2.75) is 51.7 Å². The smallest absolute Gasteiger partial charge is 0.408 e. The zero-order valence-corrected chi connectivity index (χ0v) is 12.5. The van der Waals surface area contributed by atoms with Crippen LogP contribution in [0.5, 0.6) is 0 Å². The van der Waals surface area contributed by atoms with Crippen LogP contribution < -0.4 is 5.32 Å². The second-order valence-electron chi connectivity index (χ2n) is 6.10. The molecule has 0 aromatic carbocycles. The lowest BCUT2D eigenvalue weighted by molar-refractivity contribution is 0.0459. The Morgan fingerprint density at radius 1 is 1.47 bits per heavy atom. The van der Waals surface area contributed by atoms with Gasteiger partial charge < -0.3 is 10.1 Å². The number of nitrogens with one attached hydrogen (secondary N) is 1. The van der Waals surface area contributed by atoms with Crippen LogP contribution in [-0.4, -0.2) is 16.7 Å². The van der Waals surface area contributed by atoms with E-state index in [9.17, 15) is 4.79 Å². The number of alkyl carbamates (subject to hydrolysis) is 1. The zero-order chi connectivity index (χ0) is 14.3. The maximum Gasteiger partial charge on any atom is 0.408 e. The molecule has 1 heterocycles. The second kappa shape index (κ2) is 4.67. The number of ether oxygens (including phenoxy) is 1. The second-order valence-corrected chi connectivity index (χ2v) is 6.49. The lowest BCUT2D eigenvalue weighted by Crippen LogP contribution is -2.44. The van der Waals surface area contributed by atoms with Crippen molar-refractivity contribution in [1.82, 2.24) is 10.3 Å². The molecule has 0 fully saturated rings. The standard InChI is InChI=1S/C14H19ClN2O2/c1-13(2,3)19-12(18)17-14(4)8-7-9-5-6-10(15)16-11(9)14/h5-6H,7-8H2,1-4H3,(H,17,18)/t14-/m1/s1.